The number of nitrogens with one attached hydrogen (secondary N) is 1. The Bertz CT molecular complexity index is 1190. The van der Waals surface area contributed by atoms with E-state index >= 15 is 0 Å². The highest BCUT2D eigenvalue weighted by Crippen LogP contribution is 2.31. The first-order valence-electron chi connectivity index (χ1n) is 8.58. The molecule has 3 aromatic rings. The number of carbonyl (C=O) groups excluding carboxylic acids is 2. The van der Waals surface area contributed by atoms with Crippen LogP contribution in [0.15, 0.2) is 64.6 Å². The molecule has 0 fully saturated rings. The van der Waals surface area contributed by atoms with Crippen molar-refractivity contribution in [3.8, 4) is 17.4 Å². The van der Waals surface area contributed by atoms with Crippen LogP contribution in [0.2, 0.25) is 5.02 Å². The summed E-state index contributed by atoms with van der Waals surface area (Å²) in [5.74, 6) is -1.42. The van der Waals surface area contributed by atoms with Gasteiger partial charge < -0.3 is 14.5 Å². The molecular formula is C22H14ClFN2O4. The van der Waals surface area contributed by atoms with Crippen molar-refractivity contribution < 1.29 is 23.1 Å². The van der Waals surface area contributed by atoms with Gasteiger partial charge in [0.15, 0.2) is 0 Å². The molecule has 1 amide bonds. The number of hydrogen-bond donors (Lipinski definition) is 1. The average Bonchev–Trinajstić information content (AvgIpc) is 3.21. The molecular weight excluding hydrogens is 411 g/mol. The summed E-state index contributed by atoms with van der Waals surface area (Å²) >= 11 is 6.20. The topological polar surface area (TPSA) is 92.3 Å². The molecule has 0 atom stereocenters. The summed E-state index contributed by atoms with van der Waals surface area (Å²) in [4.78, 5) is 24.0. The van der Waals surface area contributed by atoms with Crippen LogP contribution >= 0.6 is 11.6 Å². The first-order valence-corrected chi connectivity index (χ1v) is 8.96. The summed E-state index contributed by atoms with van der Waals surface area (Å²) < 4.78 is 24.1. The van der Waals surface area contributed by atoms with Crippen LogP contribution in [-0.2, 0) is 9.53 Å². The van der Waals surface area contributed by atoms with Crippen molar-refractivity contribution in [1.82, 2.24) is 0 Å². The molecule has 0 aliphatic heterocycles. The largest absolute Gasteiger partial charge is 0.465 e. The molecule has 0 saturated carbocycles. The van der Waals surface area contributed by atoms with Crippen molar-refractivity contribution in [2.24, 2.45) is 0 Å². The number of rotatable bonds is 5. The highest BCUT2D eigenvalue weighted by atomic mass is 35.5. The van der Waals surface area contributed by atoms with Crippen LogP contribution < -0.4 is 5.32 Å². The van der Waals surface area contributed by atoms with Crippen molar-refractivity contribution >= 4 is 35.2 Å². The minimum absolute atomic E-state index is 0.0461. The molecule has 0 aliphatic rings. The maximum absolute atomic E-state index is 13.7. The number of nitriles is 1. The molecule has 0 radical (unpaired) electrons. The van der Waals surface area contributed by atoms with E-state index in [1.165, 1.54) is 55.7 Å². The molecule has 0 aliphatic carbocycles. The number of methoxy groups -OCH3 is 1. The van der Waals surface area contributed by atoms with Crippen LogP contribution in [0.5, 0.6) is 0 Å². The van der Waals surface area contributed by atoms with E-state index in [1.807, 2.05) is 0 Å². The number of hydrogen-bond acceptors (Lipinski definition) is 5. The standard InChI is InChI=1S/C22H14ClFN2O4/c1-29-22(28)13-6-8-17(23)16(11-13)20-9-7-15(30-20)10-14(12-25)21(27)26-19-5-3-2-4-18(19)24/h2-11H,1H3,(H,26,27)/b14-10-. The first kappa shape index (κ1) is 20.8. The Hall–Kier alpha value is -3.89. The highest BCUT2D eigenvalue weighted by molar-refractivity contribution is 6.33. The second kappa shape index (κ2) is 9.07. The number of anilines is 1. The lowest BCUT2D eigenvalue weighted by Crippen LogP contribution is -2.14. The summed E-state index contributed by atoms with van der Waals surface area (Å²) in [5.41, 5.74) is 0.393. The fourth-order valence-corrected chi connectivity index (χ4v) is 2.79. The first-order chi connectivity index (χ1) is 14.4. The van der Waals surface area contributed by atoms with Gasteiger partial charge in [-0.3, -0.25) is 4.79 Å². The van der Waals surface area contributed by atoms with E-state index in [9.17, 15) is 19.2 Å². The van der Waals surface area contributed by atoms with E-state index in [1.54, 1.807) is 18.2 Å². The summed E-state index contributed by atoms with van der Waals surface area (Å²) in [6, 6.07) is 15.0. The van der Waals surface area contributed by atoms with E-state index < -0.39 is 17.7 Å². The third kappa shape index (κ3) is 4.57. The molecule has 8 heteroatoms. The lowest BCUT2D eigenvalue weighted by molar-refractivity contribution is -0.112. The van der Waals surface area contributed by atoms with Gasteiger partial charge in [-0.05, 0) is 42.5 Å². The Balaban J connectivity index is 1.87. The van der Waals surface area contributed by atoms with Gasteiger partial charge in [-0.1, -0.05) is 23.7 Å². The number of esters is 1. The van der Waals surface area contributed by atoms with Crippen LogP contribution in [0.4, 0.5) is 10.1 Å². The molecule has 0 bridgehead atoms. The minimum atomic E-state index is -0.786. The lowest BCUT2D eigenvalue weighted by atomic mass is 10.1. The van der Waals surface area contributed by atoms with Crippen molar-refractivity contribution in [3.05, 3.63) is 82.3 Å². The lowest BCUT2D eigenvalue weighted by Gasteiger charge is -2.05. The van der Waals surface area contributed by atoms with Crippen molar-refractivity contribution in [3.63, 3.8) is 0 Å². The van der Waals surface area contributed by atoms with Crippen LogP contribution in [0.25, 0.3) is 17.4 Å². The molecule has 150 valence electrons. The Morgan fingerprint density at radius 2 is 1.97 bits per heavy atom. The molecule has 30 heavy (non-hydrogen) atoms. The van der Waals surface area contributed by atoms with Gasteiger partial charge in [0.25, 0.3) is 5.91 Å². The van der Waals surface area contributed by atoms with Gasteiger partial charge in [0.05, 0.1) is 23.4 Å². The van der Waals surface area contributed by atoms with Gasteiger partial charge >= 0.3 is 5.97 Å². The highest BCUT2D eigenvalue weighted by Gasteiger charge is 2.15. The SMILES string of the molecule is COC(=O)c1ccc(Cl)c(-c2ccc(/C=C(/C#N)C(=O)Nc3ccccc3F)o2)c1. The van der Waals surface area contributed by atoms with E-state index in [0.29, 0.717) is 16.3 Å². The number of ether oxygens (including phenoxy) is 1. The molecule has 3 rings (SSSR count). The Morgan fingerprint density at radius 3 is 2.67 bits per heavy atom. The number of nitrogens with zero attached hydrogens (tertiary/aromatic N) is 1. The third-order valence-corrected chi connectivity index (χ3v) is 4.38. The van der Waals surface area contributed by atoms with Crippen molar-refractivity contribution in [2.75, 3.05) is 12.4 Å². The molecule has 0 spiro atoms. The zero-order valence-electron chi connectivity index (χ0n) is 15.6. The summed E-state index contributed by atoms with van der Waals surface area (Å²) in [7, 11) is 1.27. The van der Waals surface area contributed by atoms with Crippen molar-refractivity contribution in [2.45, 2.75) is 0 Å². The van der Waals surface area contributed by atoms with E-state index in [-0.39, 0.29) is 22.6 Å². The molecule has 1 heterocycles. The molecule has 1 N–H and O–H groups in total. The smallest absolute Gasteiger partial charge is 0.337 e. The number of amides is 1. The van der Waals surface area contributed by atoms with Gasteiger partial charge in [0.1, 0.15) is 29.0 Å². The number of benzene rings is 2. The van der Waals surface area contributed by atoms with Gasteiger partial charge in [-0.25, -0.2) is 9.18 Å². The van der Waals surface area contributed by atoms with Crippen LogP contribution in [0.1, 0.15) is 16.1 Å². The Kier molecular flexibility index (Phi) is 6.30. The number of furan rings is 1. The molecule has 1 aromatic heterocycles. The zero-order valence-corrected chi connectivity index (χ0v) is 16.4. The third-order valence-electron chi connectivity index (χ3n) is 4.05. The monoisotopic (exact) mass is 424 g/mol. The van der Waals surface area contributed by atoms with E-state index in [0.717, 1.165) is 0 Å². The summed E-state index contributed by atoms with van der Waals surface area (Å²) in [6.07, 6.45) is 1.22. The van der Waals surface area contributed by atoms with Crippen LogP contribution in [0.3, 0.4) is 0 Å². The summed E-state index contributed by atoms with van der Waals surface area (Å²) in [5, 5.41) is 12.0. The van der Waals surface area contributed by atoms with Gasteiger partial charge in [0.2, 0.25) is 0 Å². The van der Waals surface area contributed by atoms with E-state index in [2.05, 4.69) is 5.32 Å². The van der Waals surface area contributed by atoms with Crippen molar-refractivity contribution in [1.29, 1.82) is 5.26 Å². The summed E-state index contributed by atoms with van der Waals surface area (Å²) in [6.45, 7) is 0. The fraction of sp³-hybridized carbons (Fsp3) is 0.0455. The predicted molar refractivity (Wildman–Crippen MR) is 109 cm³/mol. The normalized spacial score (nSPS) is 10.9. The number of para-hydroxylation sites is 1. The van der Waals surface area contributed by atoms with Gasteiger partial charge in [-0.15, -0.1) is 0 Å². The van der Waals surface area contributed by atoms with Gasteiger partial charge in [-0.2, -0.15) is 5.26 Å². The second-order valence-corrected chi connectivity index (χ2v) is 6.40. The Labute approximate surface area is 176 Å². The number of carbonyl (C=O) groups is 2. The fourth-order valence-electron chi connectivity index (χ4n) is 2.58. The quantitative estimate of drug-likeness (QED) is 0.350. The minimum Gasteiger partial charge on any atom is -0.465 e. The van der Waals surface area contributed by atoms with Crippen LogP contribution in [-0.4, -0.2) is 19.0 Å². The zero-order chi connectivity index (χ0) is 21.7. The molecule has 0 saturated heterocycles. The van der Waals surface area contributed by atoms with E-state index in [4.69, 9.17) is 20.8 Å². The maximum Gasteiger partial charge on any atom is 0.337 e. The van der Waals surface area contributed by atoms with Crippen LogP contribution in [0, 0.1) is 17.1 Å². The average molecular weight is 425 g/mol. The maximum atomic E-state index is 13.7. The second-order valence-electron chi connectivity index (χ2n) is 5.99. The molecule has 6 nitrogen and oxygen atoms in total. The Morgan fingerprint density at radius 1 is 1.20 bits per heavy atom. The van der Waals surface area contributed by atoms with Gasteiger partial charge in [0, 0.05) is 11.6 Å². The number of halogens is 2. The molecule has 2 aromatic carbocycles. The molecule has 0 unspecified atom stereocenters. The predicted octanol–water partition coefficient (Wildman–Crippen LogP) is 5.07.